The molecule has 6 rings (SSSR count). The monoisotopic (exact) mass is 463 g/mol. The Hall–Kier alpha value is -2.34. The molecule has 33 heavy (non-hydrogen) atoms. The number of thiophene rings is 1. The van der Waals surface area contributed by atoms with Crippen LogP contribution in [0.4, 0.5) is 0 Å². The minimum Gasteiger partial charge on any atom is -0.294 e. The standard InChI is InChI=1S/C27H29NO4S/c29-20-14-13-17(15-7-3-1-4-8-15)23(30)24-21-18(20)11-12-19-22(21)25(33-24)27(32)28(26(19)31)16-9-5-2-6-10-16/h11-12,15-17H,1-10,13-14H2. The number of nitrogens with zero attached hydrogens (tertiary/aromatic N) is 1. The molecule has 2 saturated carbocycles. The molecule has 2 amide bonds. The summed E-state index contributed by atoms with van der Waals surface area (Å²) in [5.74, 6) is -0.282. The summed E-state index contributed by atoms with van der Waals surface area (Å²) in [6.45, 7) is 0. The highest BCUT2D eigenvalue weighted by Crippen LogP contribution is 2.46. The summed E-state index contributed by atoms with van der Waals surface area (Å²) < 4.78 is 0. The summed E-state index contributed by atoms with van der Waals surface area (Å²) >= 11 is 1.24. The van der Waals surface area contributed by atoms with Crippen molar-refractivity contribution in [3.63, 3.8) is 0 Å². The molecular weight excluding hydrogens is 434 g/mol. The molecule has 172 valence electrons. The van der Waals surface area contributed by atoms with Crippen LogP contribution in [0.5, 0.6) is 0 Å². The van der Waals surface area contributed by atoms with E-state index < -0.39 is 0 Å². The predicted octanol–water partition coefficient (Wildman–Crippen LogP) is 6.19. The van der Waals surface area contributed by atoms with Crippen LogP contribution < -0.4 is 0 Å². The van der Waals surface area contributed by atoms with Crippen LogP contribution in [0.25, 0.3) is 10.8 Å². The maximum Gasteiger partial charge on any atom is 0.271 e. The van der Waals surface area contributed by atoms with Crippen molar-refractivity contribution in [1.82, 2.24) is 4.90 Å². The van der Waals surface area contributed by atoms with E-state index in [9.17, 15) is 19.2 Å². The van der Waals surface area contributed by atoms with E-state index >= 15 is 0 Å². The van der Waals surface area contributed by atoms with Crippen LogP contribution >= 0.6 is 11.3 Å². The van der Waals surface area contributed by atoms with Gasteiger partial charge in [-0.3, -0.25) is 24.1 Å². The average Bonchev–Trinajstić information content (AvgIpc) is 3.24. The first-order valence-electron chi connectivity index (χ1n) is 12.6. The Kier molecular flexibility index (Phi) is 5.24. The minimum atomic E-state index is -0.272. The van der Waals surface area contributed by atoms with E-state index in [0.717, 1.165) is 57.8 Å². The Balaban J connectivity index is 1.51. The van der Waals surface area contributed by atoms with Crippen molar-refractivity contribution in [2.24, 2.45) is 11.8 Å². The Morgan fingerprint density at radius 1 is 0.697 bits per heavy atom. The SMILES string of the molecule is O=C1CCC(C2CCCCC2)C(=O)c2sc3c4c(ccc1c24)C(=O)N(C1CCCCC1)C3=O. The van der Waals surface area contributed by atoms with Crippen molar-refractivity contribution in [2.45, 2.75) is 83.1 Å². The van der Waals surface area contributed by atoms with Gasteiger partial charge in [-0.15, -0.1) is 11.3 Å². The van der Waals surface area contributed by atoms with Crippen LogP contribution in [-0.4, -0.2) is 34.3 Å². The maximum absolute atomic E-state index is 13.9. The number of carbonyl (C=O) groups is 4. The lowest BCUT2D eigenvalue weighted by Crippen LogP contribution is -2.47. The second-order valence-electron chi connectivity index (χ2n) is 10.3. The van der Waals surface area contributed by atoms with Gasteiger partial charge in [0.25, 0.3) is 11.8 Å². The number of imide groups is 1. The number of hydrogen-bond acceptors (Lipinski definition) is 5. The summed E-state index contributed by atoms with van der Waals surface area (Å²) in [5, 5.41) is 1.13. The second-order valence-corrected chi connectivity index (χ2v) is 11.3. The van der Waals surface area contributed by atoms with Crippen LogP contribution in [0.2, 0.25) is 0 Å². The maximum atomic E-state index is 13.9. The number of rotatable bonds is 2. The lowest BCUT2D eigenvalue weighted by atomic mass is 9.74. The summed E-state index contributed by atoms with van der Waals surface area (Å²) in [7, 11) is 0. The van der Waals surface area contributed by atoms with Gasteiger partial charge >= 0.3 is 0 Å². The molecule has 2 aromatic rings. The number of Topliss-reactive ketones (excluding diaryl/α,β-unsaturated/α-hetero) is 2. The largest absolute Gasteiger partial charge is 0.294 e. The van der Waals surface area contributed by atoms with Gasteiger partial charge in [0.05, 0.1) is 4.88 Å². The van der Waals surface area contributed by atoms with Crippen molar-refractivity contribution < 1.29 is 19.2 Å². The summed E-state index contributed by atoms with van der Waals surface area (Å²) in [6.07, 6.45) is 11.3. The first kappa shape index (κ1) is 21.2. The van der Waals surface area contributed by atoms with E-state index in [1.54, 1.807) is 12.1 Å². The zero-order valence-electron chi connectivity index (χ0n) is 18.9. The highest BCUT2D eigenvalue weighted by molar-refractivity contribution is 7.18. The molecule has 1 aromatic heterocycles. The molecule has 3 aliphatic carbocycles. The molecule has 6 heteroatoms. The Labute approximate surface area is 197 Å². The van der Waals surface area contributed by atoms with Gasteiger partial charge in [-0.1, -0.05) is 38.5 Å². The highest BCUT2D eigenvalue weighted by atomic mass is 32.1. The molecule has 0 N–H and O–H groups in total. The zero-order chi connectivity index (χ0) is 22.7. The predicted molar refractivity (Wildman–Crippen MR) is 127 cm³/mol. The van der Waals surface area contributed by atoms with E-state index in [1.807, 2.05) is 0 Å². The first-order chi connectivity index (χ1) is 16.1. The lowest BCUT2D eigenvalue weighted by Gasteiger charge is -2.35. The molecule has 1 unspecified atom stereocenters. The molecule has 0 radical (unpaired) electrons. The number of hydrogen-bond donors (Lipinski definition) is 0. The van der Waals surface area contributed by atoms with Gasteiger partial charge in [-0.25, -0.2) is 0 Å². The lowest BCUT2D eigenvalue weighted by molar-refractivity contribution is 0.0505. The fourth-order valence-corrected chi connectivity index (χ4v) is 7.99. The van der Waals surface area contributed by atoms with Gasteiger partial charge in [-0.05, 0) is 50.2 Å². The molecule has 5 nitrogen and oxygen atoms in total. The Morgan fingerprint density at radius 2 is 1.33 bits per heavy atom. The molecular formula is C27H29NO4S. The smallest absolute Gasteiger partial charge is 0.271 e. The quantitative estimate of drug-likeness (QED) is 0.498. The number of ketones is 2. The summed E-state index contributed by atoms with van der Waals surface area (Å²) in [4.78, 5) is 56.7. The topological polar surface area (TPSA) is 71.5 Å². The fraction of sp³-hybridized carbons (Fsp3) is 0.556. The third-order valence-electron chi connectivity index (χ3n) is 8.43. The second kappa shape index (κ2) is 8.15. The molecule has 1 aromatic carbocycles. The van der Waals surface area contributed by atoms with E-state index in [-0.39, 0.29) is 35.3 Å². The Morgan fingerprint density at radius 3 is 2.06 bits per heavy atom. The molecule has 0 bridgehead atoms. The van der Waals surface area contributed by atoms with Crippen molar-refractivity contribution in [1.29, 1.82) is 0 Å². The van der Waals surface area contributed by atoms with Crippen LogP contribution in [0.15, 0.2) is 12.1 Å². The third-order valence-corrected chi connectivity index (χ3v) is 9.62. The van der Waals surface area contributed by atoms with Crippen molar-refractivity contribution in [3.05, 3.63) is 33.0 Å². The highest BCUT2D eigenvalue weighted by Gasteiger charge is 2.43. The van der Waals surface area contributed by atoms with Crippen LogP contribution in [0, 0.1) is 11.8 Å². The Bertz CT molecular complexity index is 1180. The molecule has 0 spiro atoms. The molecule has 2 heterocycles. The molecule has 4 aliphatic rings. The molecule has 1 aliphatic heterocycles. The van der Waals surface area contributed by atoms with Gasteiger partial charge in [0.15, 0.2) is 11.6 Å². The average molecular weight is 464 g/mol. The van der Waals surface area contributed by atoms with E-state index in [4.69, 9.17) is 0 Å². The van der Waals surface area contributed by atoms with Gasteiger partial charge in [0.2, 0.25) is 0 Å². The van der Waals surface area contributed by atoms with Gasteiger partial charge in [0, 0.05) is 40.3 Å². The third kappa shape index (κ3) is 3.24. The summed E-state index contributed by atoms with van der Waals surface area (Å²) in [5.41, 5.74) is 0.986. The number of amides is 2. The van der Waals surface area contributed by atoms with Crippen molar-refractivity contribution in [2.75, 3.05) is 0 Å². The van der Waals surface area contributed by atoms with E-state index in [0.29, 0.717) is 50.4 Å². The van der Waals surface area contributed by atoms with Crippen LogP contribution in [0.1, 0.15) is 117 Å². The van der Waals surface area contributed by atoms with Gasteiger partial charge in [-0.2, -0.15) is 0 Å². The summed E-state index contributed by atoms with van der Waals surface area (Å²) in [6, 6.07) is 3.36. The van der Waals surface area contributed by atoms with Crippen molar-refractivity contribution in [3.8, 4) is 0 Å². The first-order valence-corrected chi connectivity index (χ1v) is 13.4. The fourth-order valence-electron chi connectivity index (χ4n) is 6.72. The van der Waals surface area contributed by atoms with Crippen molar-refractivity contribution >= 4 is 45.5 Å². The molecule has 2 fully saturated rings. The zero-order valence-corrected chi connectivity index (χ0v) is 19.7. The number of carbonyl (C=O) groups excluding carboxylic acids is 4. The van der Waals surface area contributed by atoms with E-state index in [2.05, 4.69) is 0 Å². The van der Waals surface area contributed by atoms with Crippen LogP contribution in [-0.2, 0) is 0 Å². The number of benzene rings is 1. The van der Waals surface area contributed by atoms with Gasteiger partial charge < -0.3 is 0 Å². The van der Waals surface area contributed by atoms with E-state index in [1.165, 1.54) is 22.7 Å². The van der Waals surface area contributed by atoms with Crippen LogP contribution in [0.3, 0.4) is 0 Å². The molecule has 1 atom stereocenters. The van der Waals surface area contributed by atoms with Gasteiger partial charge in [0.1, 0.15) is 4.88 Å². The molecule has 0 saturated heterocycles. The minimum absolute atomic E-state index is 0.0232. The normalized spacial score (nSPS) is 25.0.